The molecule has 0 spiro atoms. The van der Waals surface area contributed by atoms with Gasteiger partial charge < -0.3 is 0 Å². The molecule has 108 valence electrons. The fraction of sp³-hybridized carbons (Fsp3) is 0.235. The van der Waals surface area contributed by atoms with Crippen LogP contribution in [-0.2, 0) is 0 Å². The predicted molar refractivity (Wildman–Crippen MR) is 91.1 cm³/mol. The number of benzene rings is 1. The molecule has 2 aromatic rings. The molecule has 0 amide bonds. The molecular formula is C17H23NOSe. The van der Waals surface area contributed by atoms with E-state index in [-0.39, 0.29) is 20.3 Å². The van der Waals surface area contributed by atoms with Crippen molar-refractivity contribution in [2.45, 2.75) is 27.7 Å². The first-order valence-corrected chi connectivity index (χ1v) is 8.46. The molecule has 0 fully saturated rings. The first kappa shape index (κ1) is 18.4. The zero-order chi connectivity index (χ0) is 15.5. The third kappa shape index (κ3) is 4.52. The van der Waals surface area contributed by atoms with Crippen LogP contribution >= 0.6 is 0 Å². The van der Waals surface area contributed by atoms with Crippen LogP contribution in [0.25, 0.3) is 18.3 Å². The minimum absolute atomic E-state index is 0.0242. The van der Waals surface area contributed by atoms with Crippen LogP contribution < -0.4 is 14.9 Å². The van der Waals surface area contributed by atoms with Crippen molar-refractivity contribution in [1.82, 2.24) is 3.56 Å². The second kappa shape index (κ2) is 10.2. The number of aromatic nitrogens is 1. The summed E-state index contributed by atoms with van der Waals surface area (Å²) in [5.41, 5.74) is 0.956. The molecule has 0 unspecified atom stereocenters. The van der Waals surface area contributed by atoms with E-state index in [2.05, 4.69) is 13.2 Å². The van der Waals surface area contributed by atoms with Gasteiger partial charge in [0.15, 0.2) is 0 Å². The summed E-state index contributed by atoms with van der Waals surface area (Å²) >= 11 is -0.0344. The zero-order valence-electron chi connectivity index (χ0n) is 12.7. The van der Waals surface area contributed by atoms with Crippen molar-refractivity contribution >= 4 is 27.4 Å². The van der Waals surface area contributed by atoms with Gasteiger partial charge in [0.1, 0.15) is 0 Å². The molecule has 0 saturated heterocycles. The van der Waals surface area contributed by atoms with Crippen LogP contribution in [0.2, 0.25) is 0 Å². The number of hydrogen-bond donors (Lipinski definition) is 0. The summed E-state index contributed by atoms with van der Waals surface area (Å²) in [5.74, 6) is 0. The van der Waals surface area contributed by atoms with Crippen LogP contribution in [-0.4, -0.2) is 18.3 Å². The van der Waals surface area contributed by atoms with Gasteiger partial charge in [-0.2, -0.15) is 0 Å². The van der Waals surface area contributed by atoms with E-state index in [1.165, 1.54) is 0 Å². The molecule has 0 aliphatic rings. The summed E-state index contributed by atoms with van der Waals surface area (Å²) in [6, 6.07) is 9.66. The Morgan fingerprint density at radius 1 is 1.10 bits per heavy atom. The average Bonchev–Trinajstić information content (AvgIpc) is 2.81. The van der Waals surface area contributed by atoms with Crippen LogP contribution in [0.15, 0.2) is 47.8 Å². The monoisotopic (exact) mass is 337 g/mol. The molecule has 0 atom stereocenters. The first-order valence-electron chi connectivity index (χ1n) is 6.83. The largest absolute Gasteiger partial charge is 0.0683 e. The van der Waals surface area contributed by atoms with E-state index in [4.69, 9.17) is 0 Å². The number of hydrogen-bond acceptors (Lipinski definition) is 1. The minimum atomic E-state index is -0.0344. The zero-order valence-corrected chi connectivity index (χ0v) is 14.4. The van der Waals surface area contributed by atoms with Crippen LogP contribution in [0.4, 0.5) is 0 Å². The number of para-hydroxylation sites is 1. The van der Waals surface area contributed by atoms with E-state index < -0.39 is 0 Å². The standard InChI is InChI=1S/C13H11NOSe.2C2H6/c1-3-7-12-10(2)16-14(13(12)15)11-8-5-4-6-9-11;2*1-2/h3-9H,1-2H2;2*1-2H3/b12-7+;;. The van der Waals surface area contributed by atoms with Gasteiger partial charge >= 0.3 is 99.3 Å². The van der Waals surface area contributed by atoms with Crippen LogP contribution in [0.5, 0.6) is 0 Å². The Hall–Kier alpha value is -1.57. The molecule has 20 heavy (non-hydrogen) atoms. The quantitative estimate of drug-likeness (QED) is 0.772. The summed E-state index contributed by atoms with van der Waals surface area (Å²) in [4.78, 5) is 12.1. The molecule has 1 heterocycles. The van der Waals surface area contributed by atoms with Gasteiger partial charge in [0.2, 0.25) is 0 Å². The van der Waals surface area contributed by atoms with Crippen molar-refractivity contribution in [2.24, 2.45) is 0 Å². The van der Waals surface area contributed by atoms with Crippen molar-refractivity contribution in [3.8, 4) is 5.69 Å². The van der Waals surface area contributed by atoms with Crippen molar-refractivity contribution in [1.29, 1.82) is 0 Å². The Balaban J connectivity index is 0.000000829. The number of allylic oxidation sites excluding steroid dienone is 1. The molecule has 0 saturated carbocycles. The van der Waals surface area contributed by atoms with Crippen molar-refractivity contribution in [3.05, 3.63) is 62.7 Å². The maximum atomic E-state index is 12.1. The summed E-state index contributed by atoms with van der Waals surface area (Å²) < 4.78 is 2.69. The molecule has 0 radical (unpaired) electrons. The summed E-state index contributed by atoms with van der Waals surface area (Å²) in [7, 11) is 0. The molecule has 3 heteroatoms. The minimum Gasteiger partial charge on any atom is -0.0683 e. The molecular weight excluding hydrogens is 313 g/mol. The smallest absolute Gasteiger partial charge is 0.0683 e. The maximum Gasteiger partial charge on any atom is -0.0683 e. The van der Waals surface area contributed by atoms with Crippen LogP contribution in [0.1, 0.15) is 27.7 Å². The fourth-order valence-electron chi connectivity index (χ4n) is 1.44. The third-order valence-electron chi connectivity index (χ3n) is 2.19. The first-order chi connectivity index (χ1) is 9.74. The maximum absolute atomic E-state index is 12.1. The molecule has 0 bridgehead atoms. The van der Waals surface area contributed by atoms with Crippen LogP contribution in [0.3, 0.4) is 0 Å². The predicted octanol–water partition coefficient (Wildman–Crippen LogP) is 2.32. The van der Waals surface area contributed by atoms with E-state index in [9.17, 15) is 4.79 Å². The second-order valence-corrected chi connectivity index (χ2v) is 5.45. The molecule has 2 rings (SSSR count). The van der Waals surface area contributed by atoms with Gasteiger partial charge in [-0.25, -0.2) is 0 Å². The number of rotatable bonds is 2. The van der Waals surface area contributed by atoms with Gasteiger partial charge in [0.25, 0.3) is 0 Å². The Morgan fingerprint density at radius 2 is 1.65 bits per heavy atom. The Bertz CT molecular complexity index is 665. The molecule has 2 nitrogen and oxygen atoms in total. The molecule has 1 aromatic carbocycles. The van der Waals surface area contributed by atoms with Gasteiger partial charge in [-0.3, -0.25) is 0 Å². The summed E-state index contributed by atoms with van der Waals surface area (Å²) in [5, 5.41) is 0.679. The van der Waals surface area contributed by atoms with E-state index in [0.29, 0.717) is 5.22 Å². The van der Waals surface area contributed by atoms with Gasteiger partial charge in [0.05, 0.1) is 0 Å². The molecule has 0 aliphatic heterocycles. The average molecular weight is 336 g/mol. The van der Waals surface area contributed by atoms with Crippen molar-refractivity contribution in [3.63, 3.8) is 0 Å². The van der Waals surface area contributed by atoms with Gasteiger partial charge in [0, 0.05) is 0 Å². The second-order valence-electron chi connectivity index (χ2n) is 3.27. The Kier molecular flexibility index (Phi) is 9.44. The van der Waals surface area contributed by atoms with Gasteiger partial charge in [-0.1, -0.05) is 27.7 Å². The topological polar surface area (TPSA) is 22.0 Å². The van der Waals surface area contributed by atoms with Gasteiger partial charge in [-0.05, 0) is 0 Å². The van der Waals surface area contributed by atoms with E-state index in [1.807, 2.05) is 58.0 Å². The van der Waals surface area contributed by atoms with Crippen LogP contribution in [0, 0.1) is 0 Å². The van der Waals surface area contributed by atoms with Crippen molar-refractivity contribution in [2.75, 3.05) is 0 Å². The van der Waals surface area contributed by atoms with E-state index >= 15 is 0 Å². The SMILES string of the molecule is C=C/C=c1\c(=C)[se]n(-c2ccccc2)c1=O.CC.CC. The molecule has 0 N–H and O–H groups in total. The molecule has 1 aromatic heterocycles. The summed E-state index contributed by atoms with van der Waals surface area (Å²) in [6.45, 7) is 15.5. The normalized spacial score (nSPS) is 9.90. The summed E-state index contributed by atoms with van der Waals surface area (Å²) in [6.07, 6.45) is 3.36. The van der Waals surface area contributed by atoms with Gasteiger partial charge in [-0.15, -0.1) is 0 Å². The van der Waals surface area contributed by atoms with E-state index in [1.54, 1.807) is 15.7 Å². The molecule has 0 aliphatic carbocycles. The van der Waals surface area contributed by atoms with E-state index in [0.717, 1.165) is 9.78 Å². The Morgan fingerprint density at radius 3 is 2.15 bits per heavy atom. The fourth-order valence-corrected chi connectivity index (χ4v) is 3.30. The van der Waals surface area contributed by atoms with Crippen molar-refractivity contribution < 1.29 is 0 Å². The Labute approximate surface area is 127 Å². The third-order valence-corrected chi connectivity index (χ3v) is 4.29. The number of nitrogens with zero attached hydrogens (tertiary/aromatic N) is 1.